The Hall–Kier alpha value is -3.56. The molecule has 9 rings (SSSR count). The van der Waals surface area contributed by atoms with Gasteiger partial charge in [-0.05, 0) is 107 Å². The molecule has 2 saturated heterocycles. The Kier molecular flexibility index (Phi) is 7.60. The zero-order valence-corrected chi connectivity index (χ0v) is 29.4. The fraction of sp³-hybridized carbons (Fsp3) is 0.590. The number of phenols is 1. The van der Waals surface area contributed by atoms with Crippen molar-refractivity contribution < 1.29 is 33.5 Å². The van der Waals surface area contributed by atoms with E-state index in [1.54, 1.807) is 35.5 Å². The zero-order chi connectivity index (χ0) is 33.5. The van der Waals surface area contributed by atoms with Crippen LogP contribution >= 0.6 is 0 Å². The number of fused-ring (bicyclic) bond motifs is 1. The van der Waals surface area contributed by atoms with E-state index in [4.69, 9.17) is 28.4 Å². The molecule has 0 radical (unpaired) electrons. The molecule has 1 N–H and O–H groups in total. The summed E-state index contributed by atoms with van der Waals surface area (Å²) in [6, 6.07) is 9.34. The van der Waals surface area contributed by atoms with E-state index in [0.29, 0.717) is 29.7 Å². The van der Waals surface area contributed by atoms with Crippen molar-refractivity contribution in [3.63, 3.8) is 0 Å². The van der Waals surface area contributed by atoms with Gasteiger partial charge in [0.2, 0.25) is 0 Å². The molecule has 5 unspecified atom stereocenters. The molecule has 2 aromatic carbocycles. The van der Waals surface area contributed by atoms with E-state index < -0.39 is 0 Å². The summed E-state index contributed by atoms with van der Waals surface area (Å²) in [5, 5.41) is 11.1. The van der Waals surface area contributed by atoms with Crippen LogP contribution in [0.25, 0.3) is 0 Å². The van der Waals surface area contributed by atoms with Gasteiger partial charge >= 0.3 is 0 Å². The van der Waals surface area contributed by atoms with Crippen LogP contribution in [0.3, 0.4) is 0 Å². The number of likely N-dealkylation sites (N-methyl/N-ethyl adjacent to an activating group) is 2. The lowest BCUT2D eigenvalue weighted by molar-refractivity contribution is -0.0267. The van der Waals surface area contributed by atoms with E-state index in [9.17, 15) is 5.11 Å². The van der Waals surface area contributed by atoms with Gasteiger partial charge in [-0.3, -0.25) is 0 Å². The monoisotopic (exact) mass is 658 g/mol. The summed E-state index contributed by atoms with van der Waals surface area (Å²) in [5.74, 6) is 6.44. The van der Waals surface area contributed by atoms with E-state index >= 15 is 0 Å². The van der Waals surface area contributed by atoms with Crippen LogP contribution in [0.15, 0.2) is 47.6 Å². The van der Waals surface area contributed by atoms with Crippen molar-refractivity contribution in [1.82, 2.24) is 9.80 Å². The number of hydrogen-bond donors (Lipinski definition) is 1. The molecule has 0 saturated carbocycles. The number of nitrogens with zero attached hydrogens (tertiary/aromatic N) is 2. The average molecular weight is 659 g/mol. The number of benzene rings is 2. The molecular weight excluding hydrogens is 608 g/mol. The fourth-order valence-electron chi connectivity index (χ4n) is 11.3. The second-order valence-electron chi connectivity index (χ2n) is 14.8. The molecule has 2 aromatic rings. The van der Waals surface area contributed by atoms with Gasteiger partial charge in [0.05, 0.1) is 41.0 Å². The van der Waals surface area contributed by atoms with E-state index in [0.717, 1.165) is 92.4 Å². The molecule has 258 valence electrons. The summed E-state index contributed by atoms with van der Waals surface area (Å²) in [6.45, 7) is 2.09. The zero-order valence-electron chi connectivity index (χ0n) is 29.4. The molecule has 3 aliphatic heterocycles. The van der Waals surface area contributed by atoms with Crippen LogP contribution in [0.2, 0.25) is 0 Å². The van der Waals surface area contributed by atoms with Gasteiger partial charge in [-0.25, -0.2) is 0 Å². The average Bonchev–Trinajstić information content (AvgIpc) is 3.46. The molecule has 7 atom stereocenters. The first-order valence-electron chi connectivity index (χ1n) is 17.5. The number of ether oxygens (including phenoxy) is 6. The van der Waals surface area contributed by atoms with E-state index in [2.05, 4.69) is 48.2 Å². The summed E-state index contributed by atoms with van der Waals surface area (Å²) in [4.78, 5) is 5.02. The lowest BCUT2D eigenvalue weighted by Gasteiger charge is -2.58. The van der Waals surface area contributed by atoms with Crippen molar-refractivity contribution in [3.05, 3.63) is 69.9 Å². The van der Waals surface area contributed by atoms with Gasteiger partial charge in [-0.1, -0.05) is 12.1 Å². The molecule has 4 bridgehead atoms. The molecule has 1 spiro atoms. The van der Waals surface area contributed by atoms with Crippen molar-refractivity contribution in [2.45, 2.75) is 74.0 Å². The SMILES string of the molecule is COC1=C(OC)[C@@]23CCN(C)C(Cc4ccc(OC)c(O)c42)C3CC1.COC1=CCC2C3Cc4ccc(OC)c5c4[C@]2(CCN3C)C1O5. The molecule has 3 heterocycles. The largest absolute Gasteiger partial charge is 0.504 e. The maximum Gasteiger partial charge on any atom is 0.166 e. The lowest BCUT2D eigenvalue weighted by Crippen LogP contribution is -2.63. The van der Waals surface area contributed by atoms with Crippen LogP contribution in [0, 0.1) is 11.8 Å². The summed E-state index contributed by atoms with van der Waals surface area (Å²) in [6.07, 6.45) is 9.37. The smallest absolute Gasteiger partial charge is 0.166 e. The first-order valence-corrected chi connectivity index (χ1v) is 17.5. The predicted molar refractivity (Wildman–Crippen MR) is 182 cm³/mol. The van der Waals surface area contributed by atoms with Crippen molar-refractivity contribution in [1.29, 1.82) is 0 Å². The Labute approximate surface area is 284 Å². The molecule has 7 aliphatic rings. The van der Waals surface area contributed by atoms with Gasteiger partial charge in [-0.2, -0.15) is 0 Å². The molecule has 4 aliphatic carbocycles. The number of methoxy groups -OCH3 is 5. The van der Waals surface area contributed by atoms with Crippen LogP contribution in [-0.4, -0.2) is 95.8 Å². The van der Waals surface area contributed by atoms with Crippen molar-refractivity contribution in [2.24, 2.45) is 11.8 Å². The number of phenolic OH excluding ortho intramolecular Hbond substituents is 1. The number of likely N-dealkylation sites (tertiary alicyclic amines) is 2. The number of rotatable bonds is 5. The van der Waals surface area contributed by atoms with Crippen LogP contribution in [0.5, 0.6) is 23.0 Å². The van der Waals surface area contributed by atoms with Crippen molar-refractivity contribution in [3.8, 4) is 23.0 Å². The molecule has 2 fully saturated rings. The van der Waals surface area contributed by atoms with Crippen molar-refractivity contribution >= 4 is 0 Å². The highest BCUT2D eigenvalue weighted by Gasteiger charge is 2.64. The molecule has 9 nitrogen and oxygen atoms in total. The highest BCUT2D eigenvalue weighted by molar-refractivity contribution is 5.63. The number of hydrogen-bond acceptors (Lipinski definition) is 9. The van der Waals surface area contributed by atoms with Gasteiger partial charge in [0.25, 0.3) is 0 Å². The molecule has 0 aromatic heterocycles. The van der Waals surface area contributed by atoms with Gasteiger partial charge < -0.3 is 43.3 Å². The Morgan fingerprint density at radius 2 is 1.44 bits per heavy atom. The van der Waals surface area contributed by atoms with E-state index in [1.165, 1.54) is 16.7 Å². The highest BCUT2D eigenvalue weighted by Crippen LogP contribution is 2.64. The predicted octanol–water partition coefficient (Wildman–Crippen LogP) is 5.32. The second-order valence-corrected chi connectivity index (χ2v) is 14.8. The molecule has 0 amide bonds. The minimum absolute atomic E-state index is 0.00722. The fourth-order valence-corrected chi connectivity index (χ4v) is 11.3. The molecule has 48 heavy (non-hydrogen) atoms. The standard InChI is InChI=1S/C20H27NO4.C19H23NO3/c1-21-10-9-20-13(6-8-16(24-3)19(20)25-4)14(21)11-12-5-7-15(23-2)18(22)17(12)20;1-20-9-8-19-12-5-7-15(22-3)18(19)23-17-14(21-2)6-4-11(16(17)19)10-13(12)20/h5,7,13-14,22H,6,8-11H2,1-4H3;4,6-7,12-13,18H,5,8-10H2,1-3H3/t13?,14?,20-;12?,13?,18?,19-/m11/s1. The van der Waals surface area contributed by atoms with E-state index in [1.807, 2.05) is 6.07 Å². The van der Waals surface area contributed by atoms with Gasteiger partial charge in [0, 0.05) is 35.0 Å². The maximum atomic E-state index is 11.1. The summed E-state index contributed by atoms with van der Waals surface area (Å²) >= 11 is 0. The lowest BCUT2D eigenvalue weighted by atomic mass is 9.53. The molecular formula is C39H50N2O7. The molecule has 9 heteroatoms. The van der Waals surface area contributed by atoms with Crippen LogP contribution < -0.4 is 14.2 Å². The maximum absolute atomic E-state index is 11.1. The quantitative estimate of drug-likeness (QED) is 0.460. The minimum atomic E-state index is -0.332. The summed E-state index contributed by atoms with van der Waals surface area (Å²) in [5.41, 5.74) is 4.77. The Bertz CT molecular complexity index is 1690. The minimum Gasteiger partial charge on any atom is -0.504 e. The third-order valence-electron chi connectivity index (χ3n) is 13.3. The number of allylic oxidation sites excluding steroid dienone is 3. The summed E-state index contributed by atoms with van der Waals surface area (Å²) in [7, 11) is 13.0. The Morgan fingerprint density at radius 1 is 0.771 bits per heavy atom. The van der Waals surface area contributed by atoms with Crippen LogP contribution in [0.4, 0.5) is 0 Å². The van der Waals surface area contributed by atoms with Gasteiger partial charge in [0.15, 0.2) is 29.1 Å². The third-order valence-corrected chi connectivity index (χ3v) is 13.3. The summed E-state index contributed by atoms with van der Waals surface area (Å²) < 4.78 is 34.9. The Morgan fingerprint density at radius 3 is 2.10 bits per heavy atom. The first kappa shape index (κ1) is 31.7. The van der Waals surface area contributed by atoms with Gasteiger partial charge in [-0.15, -0.1) is 0 Å². The van der Waals surface area contributed by atoms with Crippen LogP contribution in [-0.2, 0) is 37.9 Å². The number of aromatic hydroxyl groups is 1. The number of piperidine rings is 2. The van der Waals surface area contributed by atoms with Crippen molar-refractivity contribution in [2.75, 3.05) is 62.7 Å². The Balaban J connectivity index is 0.000000140. The van der Waals surface area contributed by atoms with Crippen LogP contribution in [0.1, 0.15) is 54.4 Å². The topological polar surface area (TPSA) is 82.1 Å². The van der Waals surface area contributed by atoms with E-state index in [-0.39, 0.29) is 22.7 Å². The second kappa shape index (κ2) is 11.5. The first-order chi connectivity index (χ1) is 23.3. The normalized spacial score (nSPS) is 33.9. The van der Waals surface area contributed by atoms with Gasteiger partial charge in [0.1, 0.15) is 17.3 Å². The third kappa shape index (κ3) is 4.03. The highest BCUT2D eigenvalue weighted by atomic mass is 16.6.